The van der Waals surface area contributed by atoms with E-state index >= 15 is 0 Å². The quantitative estimate of drug-likeness (QED) is 0.568. The van der Waals surface area contributed by atoms with Gasteiger partial charge in [-0.15, -0.1) is 0 Å². The second-order valence-electron chi connectivity index (χ2n) is 8.28. The molecular weight excluding hydrogens is 344 g/mol. The molecule has 2 aliphatic heterocycles. The Bertz CT molecular complexity index is 439. The summed E-state index contributed by atoms with van der Waals surface area (Å²) in [7, 11) is 0. The molecule has 5 heteroatoms. The molecule has 26 heavy (non-hydrogen) atoms. The predicted molar refractivity (Wildman–Crippen MR) is 111 cm³/mol. The molecule has 1 amide bonds. The standard InChI is InChI=1S/C21H38N2O2S/c1-17(2)21(25)18-8-12-22(13-9-18)19-10-14-23(15-11-19)20(24)7-5-4-6-16-26-3/h17-19H,4-16H2,1-3H3. The molecule has 0 bridgehead atoms. The fraction of sp³-hybridized carbons (Fsp3) is 0.905. The molecule has 2 rings (SSSR count). The van der Waals surface area contributed by atoms with Gasteiger partial charge in [-0.2, -0.15) is 11.8 Å². The summed E-state index contributed by atoms with van der Waals surface area (Å²) in [4.78, 5) is 29.2. The summed E-state index contributed by atoms with van der Waals surface area (Å²) in [6.07, 6.45) is 10.5. The number of hydrogen-bond acceptors (Lipinski definition) is 4. The van der Waals surface area contributed by atoms with Gasteiger partial charge in [0, 0.05) is 37.4 Å². The zero-order valence-corrected chi connectivity index (χ0v) is 17.9. The Morgan fingerprint density at radius 1 is 0.962 bits per heavy atom. The summed E-state index contributed by atoms with van der Waals surface area (Å²) >= 11 is 1.89. The molecule has 4 nitrogen and oxygen atoms in total. The zero-order chi connectivity index (χ0) is 18.9. The molecule has 2 aliphatic rings. The Hall–Kier alpha value is -0.550. The van der Waals surface area contributed by atoms with E-state index in [1.807, 2.05) is 25.6 Å². The Balaban J connectivity index is 1.64. The van der Waals surface area contributed by atoms with Crippen LogP contribution in [0.3, 0.4) is 0 Å². The number of carbonyl (C=O) groups excluding carboxylic acids is 2. The zero-order valence-electron chi connectivity index (χ0n) is 17.0. The third kappa shape index (κ3) is 6.56. The van der Waals surface area contributed by atoms with Gasteiger partial charge in [-0.1, -0.05) is 20.3 Å². The average molecular weight is 383 g/mol. The number of carbonyl (C=O) groups is 2. The van der Waals surface area contributed by atoms with Crippen molar-refractivity contribution in [2.45, 2.75) is 71.3 Å². The van der Waals surface area contributed by atoms with Crippen LogP contribution < -0.4 is 0 Å². The summed E-state index contributed by atoms with van der Waals surface area (Å²) in [5.41, 5.74) is 0. The molecular formula is C21H38N2O2S. The molecule has 2 heterocycles. The molecule has 0 aromatic heterocycles. The summed E-state index contributed by atoms with van der Waals surface area (Å²) < 4.78 is 0. The second kappa shape index (κ2) is 11.3. The third-order valence-electron chi connectivity index (χ3n) is 6.07. The van der Waals surface area contributed by atoms with Crippen molar-refractivity contribution in [1.82, 2.24) is 9.80 Å². The van der Waals surface area contributed by atoms with Crippen LogP contribution in [-0.2, 0) is 9.59 Å². The van der Waals surface area contributed by atoms with Crippen molar-refractivity contribution >= 4 is 23.5 Å². The van der Waals surface area contributed by atoms with Crippen LogP contribution in [0.2, 0.25) is 0 Å². The fourth-order valence-electron chi connectivity index (χ4n) is 4.36. The fourth-order valence-corrected chi connectivity index (χ4v) is 4.85. The number of unbranched alkanes of at least 4 members (excludes halogenated alkanes) is 2. The summed E-state index contributed by atoms with van der Waals surface area (Å²) in [5.74, 6) is 2.45. The first-order chi connectivity index (χ1) is 12.5. The van der Waals surface area contributed by atoms with E-state index in [0.717, 1.165) is 64.7 Å². The van der Waals surface area contributed by atoms with E-state index in [-0.39, 0.29) is 11.8 Å². The van der Waals surface area contributed by atoms with Crippen LogP contribution in [0.25, 0.3) is 0 Å². The molecule has 0 saturated carbocycles. The molecule has 0 unspecified atom stereocenters. The van der Waals surface area contributed by atoms with Gasteiger partial charge in [0.25, 0.3) is 0 Å². The minimum Gasteiger partial charge on any atom is -0.343 e. The molecule has 0 aromatic rings. The maximum atomic E-state index is 12.4. The SMILES string of the molecule is CSCCCCCC(=O)N1CCC(N2CCC(C(=O)C(C)C)CC2)CC1. The topological polar surface area (TPSA) is 40.6 Å². The minimum atomic E-state index is 0.168. The van der Waals surface area contributed by atoms with E-state index in [1.165, 1.54) is 18.6 Å². The maximum Gasteiger partial charge on any atom is 0.222 e. The van der Waals surface area contributed by atoms with Gasteiger partial charge in [-0.3, -0.25) is 9.59 Å². The van der Waals surface area contributed by atoms with E-state index in [4.69, 9.17) is 0 Å². The predicted octanol–water partition coefficient (Wildman–Crippen LogP) is 3.84. The molecule has 150 valence electrons. The first-order valence-corrected chi connectivity index (χ1v) is 12.0. The maximum absolute atomic E-state index is 12.4. The van der Waals surface area contributed by atoms with Crippen LogP contribution >= 0.6 is 11.8 Å². The minimum absolute atomic E-state index is 0.168. The number of nitrogens with zero attached hydrogens (tertiary/aromatic N) is 2. The third-order valence-corrected chi connectivity index (χ3v) is 6.77. The Morgan fingerprint density at radius 3 is 2.19 bits per heavy atom. The Morgan fingerprint density at radius 2 is 1.62 bits per heavy atom. The van der Waals surface area contributed by atoms with Crippen LogP contribution in [0.5, 0.6) is 0 Å². The Labute approximate surface area is 164 Å². The van der Waals surface area contributed by atoms with Crippen molar-refractivity contribution in [3.05, 3.63) is 0 Å². The van der Waals surface area contributed by atoms with E-state index in [0.29, 0.717) is 17.7 Å². The number of likely N-dealkylation sites (tertiary alicyclic amines) is 2. The van der Waals surface area contributed by atoms with Crippen molar-refractivity contribution < 1.29 is 9.59 Å². The van der Waals surface area contributed by atoms with Crippen LogP contribution in [0, 0.1) is 11.8 Å². The van der Waals surface area contributed by atoms with Crippen LogP contribution in [0.15, 0.2) is 0 Å². The highest BCUT2D eigenvalue weighted by Gasteiger charge is 2.31. The summed E-state index contributed by atoms with van der Waals surface area (Å²) in [5, 5.41) is 0. The number of amides is 1. The Kier molecular flexibility index (Phi) is 9.48. The van der Waals surface area contributed by atoms with Crippen molar-refractivity contribution in [3.63, 3.8) is 0 Å². The van der Waals surface area contributed by atoms with E-state index < -0.39 is 0 Å². The number of ketones is 1. The molecule has 0 spiro atoms. The number of thioether (sulfide) groups is 1. The van der Waals surface area contributed by atoms with Gasteiger partial charge >= 0.3 is 0 Å². The number of piperidine rings is 2. The summed E-state index contributed by atoms with van der Waals surface area (Å²) in [6.45, 7) is 7.97. The van der Waals surface area contributed by atoms with E-state index in [9.17, 15) is 9.59 Å². The van der Waals surface area contributed by atoms with Gasteiger partial charge in [0.1, 0.15) is 5.78 Å². The van der Waals surface area contributed by atoms with Gasteiger partial charge in [-0.05, 0) is 63.6 Å². The first-order valence-electron chi connectivity index (χ1n) is 10.6. The highest BCUT2D eigenvalue weighted by molar-refractivity contribution is 7.98. The van der Waals surface area contributed by atoms with Gasteiger partial charge in [0.2, 0.25) is 5.91 Å². The van der Waals surface area contributed by atoms with Crippen molar-refractivity contribution in [1.29, 1.82) is 0 Å². The second-order valence-corrected chi connectivity index (χ2v) is 9.27. The normalized spacial score (nSPS) is 20.7. The summed E-state index contributed by atoms with van der Waals surface area (Å²) in [6, 6.07) is 0.607. The molecule has 2 fully saturated rings. The van der Waals surface area contributed by atoms with Crippen molar-refractivity contribution in [3.8, 4) is 0 Å². The highest BCUT2D eigenvalue weighted by atomic mass is 32.2. The van der Waals surface area contributed by atoms with Gasteiger partial charge in [-0.25, -0.2) is 0 Å². The lowest BCUT2D eigenvalue weighted by atomic mass is 9.86. The van der Waals surface area contributed by atoms with E-state index in [1.54, 1.807) is 0 Å². The molecule has 0 radical (unpaired) electrons. The molecule has 0 aliphatic carbocycles. The largest absolute Gasteiger partial charge is 0.343 e. The average Bonchev–Trinajstić information content (AvgIpc) is 2.67. The molecule has 0 atom stereocenters. The number of rotatable bonds is 9. The van der Waals surface area contributed by atoms with Crippen molar-refractivity contribution in [2.75, 3.05) is 38.2 Å². The first kappa shape index (κ1) is 21.7. The molecule has 2 saturated heterocycles. The molecule has 0 aromatic carbocycles. The van der Waals surface area contributed by atoms with Gasteiger partial charge < -0.3 is 9.80 Å². The van der Waals surface area contributed by atoms with Crippen LogP contribution in [0.4, 0.5) is 0 Å². The lowest BCUT2D eigenvalue weighted by Gasteiger charge is -2.41. The highest BCUT2D eigenvalue weighted by Crippen LogP contribution is 2.26. The van der Waals surface area contributed by atoms with Gasteiger partial charge in [0.15, 0.2) is 0 Å². The van der Waals surface area contributed by atoms with Crippen LogP contribution in [0.1, 0.15) is 65.2 Å². The van der Waals surface area contributed by atoms with Crippen molar-refractivity contribution in [2.24, 2.45) is 11.8 Å². The number of hydrogen-bond donors (Lipinski definition) is 0. The number of Topliss-reactive ketones (excluding diaryl/α,β-unsaturated/α-hetero) is 1. The smallest absolute Gasteiger partial charge is 0.222 e. The lowest BCUT2D eigenvalue weighted by molar-refractivity contribution is -0.133. The van der Waals surface area contributed by atoms with Crippen LogP contribution in [-0.4, -0.2) is 65.7 Å². The molecule has 0 N–H and O–H groups in total. The lowest BCUT2D eigenvalue weighted by Crippen LogP contribution is -2.49. The van der Waals surface area contributed by atoms with Gasteiger partial charge in [0.05, 0.1) is 0 Å². The van der Waals surface area contributed by atoms with E-state index in [2.05, 4.69) is 16.1 Å². The monoisotopic (exact) mass is 382 g/mol.